The van der Waals surface area contributed by atoms with E-state index in [1.165, 1.54) is 56.3 Å². The van der Waals surface area contributed by atoms with Crippen LogP contribution in [0, 0.1) is 6.92 Å². The molecule has 0 spiro atoms. The van der Waals surface area contributed by atoms with Crippen molar-refractivity contribution < 1.29 is 17.5 Å². The van der Waals surface area contributed by atoms with Crippen LogP contribution >= 0.6 is 11.3 Å². The Labute approximate surface area is 281 Å². The van der Waals surface area contributed by atoms with Gasteiger partial charge in [-0.05, 0) is 74.9 Å². The molecule has 0 atom stereocenters. The largest absolute Gasteiger partial charge is 0.744 e. The van der Waals surface area contributed by atoms with Crippen LogP contribution in [0.4, 0.5) is 11.4 Å². The van der Waals surface area contributed by atoms with E-state index in [1.54, 1.807) is 23.5 Å². The molecule has 0 N–H and O–H groups in total. The molecule has 7 rings (SSSR count). The summed E-state index contributed by atoms with van der Waals surface area (Å²) >= 11 is 1.76. The molecule has 2 aliphatic heterocycles. The molecule has 5 aromatic rings. The lowest BCUT2D eigenvalue weighted by Crippen LogP contribution is -2.26. The van der Waals surface area contributed by atoms with E-state index < -0.39 is 10.1 Å². The van der Waals surface area contributed by atoms with E-state index in [1.807, 2.05) is 6.92 Å². The molecule has 0 saturated heterocycles. The van der Waals surface area contributed by atoms with Gasteiger partial charge < -0.3 is 9.45 Å². The molecule has 0 unspecified atom stereocenters. The number of para-hydroxylation sites is 2. The summed E-state index contributed by atoms with van der Waals surface area (Å²) in [6.45, 7) is 11.1. The van der Waals surface area contributed by atoms with Crippen LogP contribution in [0.1, 0.15) is 44.4 Å². The maximum atomic E-state index is 10.4. The third kappa shape index (κ3) is 5.97. The highest BCUT2D eigenvalue weighted by atomic mass is 32.2. The number of thiazole rings is 1. The van der Waals surface area contributed by atoms with E-state index >= 15 is 0 Å². The second-order valence-corrected chi connectivity index (χ2v) is 15.6. The summed E-state index contributed by atoms with van der Waals surface area (Å²) in [5, 5.41) is 1.08. The molecule has 0 radical (unpaired) electrons. The predicted molar refractivity (Wildman–Crippen MR) is 193 cm³/mol. The van der Waals surface area contributed by atoms with Crippen LogP contribution in [0.5, 0.6) is 0 Å². The standard InChI is InChI=1S/C32H32N3S.C7H8O3S/c1-31(2)22-12-7-9-14-25(22)34(5)28(31)16-11-17-29-32(3,4)23-20-21(18-19-26(23)35(29)6)30-33-24-13-8-10-15-27(24)36-30;1-6-2-4-7(5-3-6)11(8,9)10/h7-20H,1-6H3;2-5H,1H3,(H,8,9,10)/q+1;/p-1. The minimum absolute atomic E-state index is 0.0213. The fraction of sp³-hybridized carbons (Fsp3) is 0.231. The SMILES string of the molecule is CN1C(=CC=CC2=[N+](C)c3ccccc3C2(C)C)C(C)(C)c2cc(-c3nc4ccccc4s3)ccc21.Cc1ccc(S(=O)(=O)[O-])cc1. The summed E-state index contributed by atoms with van der Waals surface area (Å²) in [5.41, 5.74) is 11.0. The first-order valence-electron chi connectivity index (χ1n) is 15.6. The van der Waals surface area contributed by atoms with Gasteiger partial charge in [0.2, 0.25) is 5.69 Å². The van der Waals surface area contributed by atoms with Crippen molar-refractivity contribution in [3.63, 3.8) is 0 Å². The molecule has 47 heavy (non-hydrogen) atoms. The van der Waals surface area contributed by atoms with Crippen molar-refractivity contribution in [1.82, 2.24) is 4.98 Å². The summed E-state index contributed by atoms with van der Waals surface area (Å²) in [5.74, 6) is 0. The molecule has 0 saturated carbocycles. The zero-order valence-electron chi connectivity index (χ0n) is 27.8. The Morgan fingerprint density at radius 3 is 2.23 bits per heavy atom. The number of anilines is 1. The van der Waals surface area contributed by atoms with Gasteiger partial charge in [0.05, 0.1) is 20.5 Å². The first kappa shape index (κ1) is 32.6. The molecule has 1 aromatic heterocycles. The van der Waals surface area contributed by atoms with E-state index in [9.17, 15) is 13.0 Å². The number of aryl methyl sites for hydroxylation is 1. The number of nitrogens with zero attached hydrogens (tertiary/aromatic N) is 3. The fourth-order valence-electron chi connectivity index (χ4n) is 6.70. The van der Waals surface area contributed by atoms with Gasteiger partial charge in [-0.15, -0.1) is 11.3 Å². The normalized spacial score (nSPS) is 17.3. The summed E-state index contributed by atoms with van der Waals surface area (Å²) in [7, 11) is 0.0823. The van der Waals surface area contributed by atoms with Crippen molar-refractivity contribution in [1.29, 1.82) is 0 Å². The molecule has 6 nitrogen and oxygen atoms in total. The Bertz CT molecular complexity index is 2170. The molecule has 4 aromatic carbocycles. The van der Waals surface area contributed by atoms with Crippen molar-refractivity contribution in [3.05, 3.63) is 132 Å². The second kappa shape index (κ2) is 12.0. The first-order valence-corrected chi connectivity index (χ1v) is 17.8. The summed E-state index contributed by atoms with van der Waals surface area (Å²) < 4.78 is 34.7. The third-order valence-corrected chi connectivity index (χ3v) is 11.3. The molecule has 0 aliphatic carbocycles. The van der Waals surface area contributed by atoms with Crippen molar-refractivity contribution >= 4 is 48.8 Å². The van der Waals surface area contributed by atoms with Gasteiger partial charge in [-0.1, -0.05) is 68.0 Å². The van der Waals surface area contributed by atoms with Gasteiger partial charge in [0.15, 0.2) is 5.71 Å². The van der Waals surface area contributed by atoms with Gasteiger partial charge in [-0.3, -0.25) is 0 Å². The van der Waals surface area contributed by atoms with Gasteiger partial charge in [-0.25, -0.2) is 13.4 Å². The molecule has 240 valence electrons. The van der Waals surface area contributed by atoms with Gasteiger partial charge in [0.25, 0.3) is 0 Å². The van der Waals surface area contributed by atoms with Crippen LogP contribution in [-0.2, 0) is 20.9 Å². The summed E-state index contributed by atoms with van der Waals surface area (Å²) in [6.07, 6.45) is 6.80. The highest BCUT2D eigenvalue weighted by Crippen LogP contribution is 2.48. The molecule has 0 fully saturated rings. The van der Waals surface area contributed by atoms with Crippen LogP contribution in [0.25, 0.3) is 20.8 Å². The maximum absolute atomic E-state index is 10.4. The van der Waals surface area contributed by atoms with Crippen LogP contribution in [0.2, 0.25) is 0 Å². The van der Waals surface area contributed by atoms with Gasteiger partial charge in [-0.2, -0.15) is 4.58 Å². The number of allylic oxidation sites excluding steroid dienone is 4. The molecule has 0 bridgehead atoms. The highest BCUT2D eigenvalue weighted by Gasteiger charge is 2.43. The number of rotatable bonds is 4. The summed E-state index contributed by atoms with van der Waals surface area (Å²) in [6, 6.07) is 29.7. The topological polar surface area (TPSA) is 76.3 Å². The highest BCUT2D eigenvalue weighted by molar-refractivity contribution is 7.85. The van der Waals surface area contributed by atoms with Crippen LogP contribution in [-0.4, -0.2) is 42.3 Å². The van der Waals surface area contributed by atoms with Crippen molar-refractivity contribution in [2.75, 3.05) is 19.0 Å². The van der Waals surface area contributed by atoms with Gasteiger partial charge >= 0.3 is 0 Å². The van der Waals surface area contributed by atoms with E-state index in [4.69, 9.17) is 4.98 Å². The quantitative estimate of drug-likeness (QED) is 0.142. The lowest BCUT2D eigenvalue weighted by molar-refractivity contribution is -0.401. The lowest BCUT2D eigenvalue weighted by atomic mass is 9.81. The molecule has 2 aliphatic rings. The smallest absolute Gasteiger partial charge is 0.209 e. The second-order valence-electron chi connectivity index (χ2n) is 13.2. The Morgan fingerprint density at radius 1 is 0.872 bits per heavy atom. The number of benzene rings is 4. The van der Waals surface area contributed by atoms with E-state index in [0.29, 0.717) is 0 Å². The number of hydrogen-bond donors (Lipinski definition) is 0. The van der Waals surface area contributed by atoms with Crippen LogP contribution in [0.15, 0.2) is 120 Å². The minimum Gasteiger partial charge on any atom is -0.744 e. The monoisotopic (exact) mass is 661 g/mol. The minimum atomic E-state index is -4.27. The van der Waals surface area contributed by atoms with E-state index in [2.05, 4.69) is 136 Å². The third-order valence-electron chi connectivity index (χ3n) is 9.33. The van der Waals surface area contributed by atoms with Gasteiger partial charge in [0, 0.05) is 47.1 Å². The number of fused-ring (bicyclic) bond motifs is 3. The lowest BCUT2D eigenvalue weighted by Gasteiger charge is -2.23. The molecular formula is C39H39N3O3S2. The van der Waals surface area contributed by atoms with Crippen molar-refractivity contribution in [3.8, 4) is 10.6 Å². The zero-order valence-corrected chi connectivity index (χ0v) is 29.4. The Kier molecular flexibility index (Phi) is 8.32. The number of likely N-dealkylation sites (N-methyl/N-ethyl adjacent to an activating group) is 1. The zero-order chi connectivity index (χ0) is 33.7. The molecular weight excluding hydrogens is 623 g/mol. The average Bonchev–Trinajstić information content (AvgIpc) is 3.61. The maximum Gasteiger partial charge on any atom is 0.209 e. The van der Waals surface area contributed by atoms with E-state index in [0.717, 1.165) is 16.1 Å². The molecule has 3 heterocycles. The van der Waals surface area contributed by atoms with Crippen molar-refractivity contribution in [2.24, 2.45) is 0 Å². The summed E-state index contributed by atoms with van der Waals surface area (Å²) in [4.78, 5) is 7.06. The Balaban J connectivity index is 0.000000300. The van der Waals surface area contributed by atoms with Crippen LogP contribution in [0.3, 0.4) is 0 Å². The number of aromatic nitrogens is 1. The van der Waals surface area contributed by atoms with Gasteiger partial charge in [0.1, 0.15) is 22.2 Å². The molecule has 0 amide bonds. The predicted octanol–water partition coefficient (Wildman–Crippen LogP) is 8.74. The fourth-order valence-corrected chi connectivity index (χ4v) is 8.13. The first-order chi connectivity index (χ1) is 22.2. The van der Waals surface area contributed by atoms with Crippen molar-refractivity contribution in [2.45, 2.75) is 50.3 Å². The van der Waals surface area contributed by atoms with E-state index in [-0.39, 0.29) is 15.7 Å². The average molecular weight is 662 g/mol. The van der Waals surface area contributed by atoms with Crippen LogP contribution < -0.4 is 4.90 Å². The Hall–Kier alpha value is -4.37. The number of hydrogen-bond acceptors (Lipinski definition) is 6. The molecule has 8 heteroatoms. The Morgan fingerprint density at radius 2 is 1.55 bits per heavy atom.